The van der Waals surface area contributed by atoms with Gasteiger partial charge in [0.05, 0.1) is 12.5 Å². The van der Waals surface area contributed by atoms with E-state index in [9.17, 15) is 4.79 Å². The lowest BCUT2D eigenvalue weighted by Gasteiger charge is -2.36. The third-order valence-corrected chi connectivity index (χ3v) is 8.18. The van der Waals surface area contributed by atoms with Crippen LogP contribution in [0.3, 0.4) is 0 Å². The van der Waals surface area contributed by atoms with Gasteiger partial charge in [-0.2, -0.15) is 0 Å². The monoisotopic (exact) mass is 286 g/mol. The van der Waals surface area contributed by atoms with Gasteiger partial charge >= 0.3 is 5.97 Å². The summed E-state index contributed by atoms with van der Waals surface area (Å²) in [7, 11) is -1.78. The molecule has 1 atom stereocenters. The zero-order valence-corrected chi connectivity index (χ0v) is 14.6. The van der Waals surface area contributed by atoms with Crippen LogP contribution in [-0.4, -0.2) is 27.5 Å². The van der Waals surface area contributed by atoms with Crippen molar-refractivity contribution < 1.29 is 14.0 Å². The lowest BCUT2D eigenvalue weighted by molar-refractivity contribution is -0.148. The van der Waals surface area contributed by atoms with Crippen LogP contribution in [0, 0.1) is 5.92 Å². The Bertz CT molecular complexity index is 316. The molecule has 0 rings (SSSR count). The molecule has 0 aromatic carbocycles. The standard InChI is InChI=1S/C15H30O3Si/c1-12(2)9-10-17-14(16)13(3)11-18-19(7,8)15(4,5)6/h13H,1,9-11H2,2-8H3/t13-/m0/s1. The molecule has 3 nitrogen and oxygen atoms in total. The van der Waals surface area contributed by atoms with Crippen molar-refractivity contribution in [2.45, 2.75) is 59.2 Å². The topological polar surface area (TPSA) is 35.5 Å². The van der Waals surface area contributed by atoms with Crippen LogP contribution in [0.15, 0.2) is 12.2 Å². The van der Waals surface area contributed by atoms with E-state index in [1.165, 1.54) is 0 Å². The molecule has 0 aromatic heterocycles. The van der Waals surface area contributed by atoms with Crippen LogP contribution >= 0.6 is 0 Å². The van der Waals surface area contributed by atoms with Crippen molar-refractivity contribution in [2.75, 3.05) is 13.2 Å². The Hall–Kier alpha value is -0.613. The molecule has 0 aliphatic rings. The van der Waals surface area contributed by atoms with E-state index in [0.717, 1.165) is 12.0 Å². The molecule has 0 aliphatic carbocycles. The maximum absolute atomic E-state index is 11.8. The molecule has 0 unspecified atom stereocenters. The highest BCUT2D eigenvalue weighted by atomic mass is 28.4. The third kappa shape index (κ3) is 6.92. The number of esters is 1. The maximum atomic E-state index is 11.8. The molecule has 112 valence electrons. The lowest BCUT2D eigenvalue weighted by Crippen LogP contribution is -2.42. The number of carbonyl (C=O) groups excluding carboxylic acids is 1. The summed E-state index contributed by atoms with van der Waals surface area (Å²) in [6.07, 6.45) is 0.724. The predicted octanol–water partition coefficient (Wildman–Crippen LogP) is 4.15. The van der Waals surface area contributed by atoms with E-state index in [-0.39, 0.29) is 16.9 Å². The molecule has 0 radical (unpaired) electrons. The van der Waals surface area contributed by atoms with Gasteiger partial charge < -0.3 is 9.16 Å². The molecule has 0 saturated carbocycles. The molecule has 0 aromatic rings. The minimum absolute atomic E-state index is 0.163. The third-order valence-electron chi connectivity index (χ3n) is 3.68. The summed E-state index contributed by atoms with van der Waals surface area (Å²) in [5, 5.41) is 0.163. The SMILES string of the molecule is C=C(C)CCOC(=O)[C@@H](C)CO[Si](C)(C)C(C)(C)C. The normalized spacial score (nSPS) is 14.1. The highest BCUT2D eigenvalue weighted by Crippen LogP contribution is 2.36. The lowest BCUT2D eigenvalue weighted by atomic mass is 10.2. The summed E-state index contributed by atoms with van der Waals surface area (Å²) < 4.78 is 11.2. The number of hydrogen-bond acceptors (Lipinski definition) is 3. The Morgan fingerprint density at radius 3 is 2.26 bits per heavy atom. The average Bonchev–Trinajstić information content (AvgIpc) is 2.23. The molecule has 4 heteroatoms. The smallest absolute Gasteiger partial charge is 0.310 e. The second-order valence-electron chi connectivity index (χ2n) is 6.85. The second-order valence-corrected chi connectivity index (χ2v) is 11.7. The van der Waals surface area contributed by atoms with Gasteiger partial charge in [-0.15, -0.1) is 6.58 Å². The van der Waals surface area contributed by atoms with Crippen LogP contribution < -0.4 is 0 Å². The molecule has 0 amide bonds. The largest absolute Gasteiger partial charge is 0.465 e. The predicted molar refractivity (Wildman–Crippen MR) is 82.7 cm³/mol. The van der Waals surface area contributed by atoms with Crippen molar-refractivity contribution >= 4 is 14.3 Å². The number of carbonyl (C=O) groups is 1. The highest BCUT2D eigenvalue weighted by molar-refractivity contribution is 6.74. The summed E-state index contributed by atoms with van der Waals surface area (Å²) in [6, 6.07) is 0. The Labute approximate surface area is 119 Å². The molecule has 0 N–H and O–H groups in total. The fourth-order valence-corrected chi connectivity index (χ4v) is 2.19. The molecule has 0 saturated heterocycles. The average molecular weight is 286 g/mol. The van der Waals surface area contributed by atoms with Gasteiger partial charge in [-0.3, -0.25) is 4.79 Å². The molecule has 19 heavy (non-hydrogen) atoms. The number of hydrogen-bond donors (Lipinski definition) is 0. The fraction of sp³-hybridized carbons (Fsp3) is 0.800. The molecular weight excluding hydrogens is 256 g/mol. The van der Waals surface area contributed by atoms with E-state index in [0.29, 0.717) is 13.2 Å². The molecule has 0 aliphatic heterocycles. The van der Waals surface area contributed by atoms with E-state index in [2.05, 4.69) is 40.4 Å². The van der Waals surface area contributed by atoms with Crippen LogP contribution in [-0.2, 0) is 14.0 Å². The quantitative estimate of drug-likeness (QED) is 0.400. The maximum Gasteiger partial charge on any atom is 0.310 e. The Kier molecular flexibility index (Phi) is 7.01. The van der Waals surface area contributed by atoms with Crippen molar-refractivity contribution in [3.63, 3.8) is 0 Å². The highest BCUT2D eigenvalue weighted by Gasteiger charge is 2.37. The summed E-state index contributed by atoms with van der Waals surface area (Å²) in [5.74, 6) is -0.390. The van der Waals surface area contributed by atoms with Crippen molar-refractivity contribution in [3.05, 3.63) is 12.2 Å². The first-order valence-corrected chi connectivity index (χ1v) is 9.83. The van der Waals surface area contributed by atoms with Gasteiger partial charge in [-0.1, -0.05) is 26.3 Å². The van der Waals surface area contributed by atoms with Crippen molar-refractivity contribution in [3.8, 4) is 0 Å². The van der Waals surface area contributed by atoms with Gasteiger partial charge in [0.2, 0.25) is 0 Å². The van der Waals surface area contributed by atoms with Crippen LogP contribution in [0.2, 0.25) is 18.1 Å². The van der Waals surface area contributed by atoms with Gasteiger partial charge in [0.15, 0.2) is 8.32 Å². The van der Waals surface area contributed by atoms with Crippen molar-refractivity contribution in [2.24, 2.45) is 5.92 Å². The Balaban J connectivity index is 4.14. The van der Waals surface area contributed by atoms with Crippen molar-refractivity contribution in [1.29, 1.82) is 0 Å². The zero-order chi connectivity index (χ0) is 15.3. The second kappa shape index (κ2) is 7.24. The minimum atomic E-state index is -1.78. The van der Waals surface area contributed by atoms with E-state index in [1.54, 1.807) is 0 Å². The van der Waals surface area contributed by atoms with Gasteiger partial charge in [0.1, 0.15) is 0 Å². The fourth-order valence-electron chi connectivity index (χ4n) is 1.09. The minimum Gasteiger partial charge on any atom is -0.465 e. The van der Waals surface area contributed by atoms with Gasteiger partial charge in [-0.05, 0) is 32.0 Å². The first-order chi connectivity index (χ1) is 8.47. The van der Waals surface area contributed by atoms with Crippen LogP contribution in [0.1, 0.15) is 41.0 Å². The van der Waals surface area contributed by atoms with E-state index < -0.39 is 8.32 Å². The Morgan fingerprint density at radius 1 is 1.32 bits per heavy atom. The molecular formula is C15H30O3Si. The first-order valence-electron chi connectivity index (χ1n) is 6.92. The summed E-state index contributed by atoms with van der Waals surface area (Å²) in [6.45, 7) is 19.4. The summed E-state index contributed by atoms with van der Waals surface area (Å²) >= 11 is 0. The van der Waals surface area contributed by atoms with Gasteiger partial charge in [-0.25, -0.2) is 0 Å². The van der Waals surface area contributed by atoms with Gasteiger partial charge in [0, 0.05) is 13.0 Å². The Morgan fingerprint density at radius 2 is 1.84 bits per heavy atom. The molecule has 0 bridgehead atoms. The van der Waals surface area contributed by atoms with Crippen LogP contribution in [0.5, 0.6) is 0 Å². The van der Waals surface area contributed by atoms with Crippen LogP contribution in [0.4, 0.5) is 0 Å². The molecule has 0 spiro atoms. The van der Waals surface area contributed by atoms with E-state index in [1.807, 2.05) is 13.8 Å². The van der Waals surface area contributed by atoms with Gasteiger partial charge in [0.25, 0.3) is 0 Å². The molecule has 0 heterocycles. The number of ether oxygens (including phenoxy) is 1. The first kappa shape index (κ1) is 18.4. The van der Waals surface area contributed by atoms with Crippen LogP contribution in [0.25, 0.3) is 0 Å². The van der Waals surface area contributed by atoms with Crippen molar-refractivity contribution in [1.82, 2.24) is 0 Å². The molecule has 0 fully saturated rings. The zero-order valence-electron chi connectivity index (χ0n) is 13.6. The van der Waals surface area contributed by atoms with E-state index >= 15 is 0 Å². The summed E-state index contributed by atoms with van der Waals surface area (Å²) in [5.41, 5.74) is 1.03. The summed E-state index contributed by atoms with van der Waals surface area (Å²) in [4.78, 5) is 11.8. The van der Waals surface area contributed by atoms with E-state index in [4.69, 9.17) is 9.16 Å². The number of rotatable bonds is 7.